The number of carbonyl (C=O) groups is 1. The number of nitrogens with zero attached hydrogens (tertiary/aromatic N) is 1. The molecular weight excluding hydrogens is 596 g/mol. The van der Waals surface area contributed by atoms with Crippen LogP contribution in [0.3, 0.4) is 0 Å². The maximum atomic E-state index is 12.1. The molecule has 0 aromatic rings. The molecule has 0 bridgehead atoms. The van der Waals surface area contributed by atoms with Crippen LogP contribution in [0.1, 0.15) is 194 Å². The van der Waals surface area contributed by atoms with Crippen molar-refractivity contribution in [1.29, 1.82) is 0 Å². The van der Waals surface area contributed by atoms with Crippen LogP contribution in [0.4, 0.5) is 4.79 Å². The van der Waals surface area contributed by atoms with Crippen molar-refractivity contribution in [1.82, 2.24) is 10.2 Å². The Balaban J connectivity index is 3.92. The van der Waals surface area contributed by atoms with Crippen molar-refractivity contribution in [2.24, 2.45) is 0 Å². The predicted octanol–water partition coefficient (Wildman–Crippen LogP) is 12.2. The second-order valence-electron chi connectivity index (χ2n) is 14.4. The van der Waals surface area contributed by atoms with E-state index >= 15 is 0 Å². The van der Waals surface area contributed by atoms with Gasteiger partial charge in [0.25, 0.3) is 0 Å². The van der Waals surface area contributed by atoms with E-state index in [0.717, 1.165) is 26.0 Å². The topological polar surface area (TPSA) is 60.0 Å². The smallest absolute Gasteiger partial charge is 0.407 e. The van der Waals surface area contributed by atoms with Crippen LogP contribution < -0.4 is 5.32 Å². The average molecular weight is 681 g/mol. The molecule has 0 aromatic carbocycles. The van der Waals surface area contributed by atoms with Crippen molar-refractivity contribution >= 4 is 6.09 Å². The minimum absolute atomic E-state index is 0.208. The van der Waals surface area contributed by atoms with E-state index < -0.39 is 0 Å². The number of carbonyl (C=O) groups excluding carboxylic acids is 1. The van der Waals surface area contributed by atoms with Gasteiger partial charge in [-0.3, -0.25) is 0 Å². The summed E-state index contributed by atoms with van der Waals surface area (Å²) in [6.45, 7) is 8.09. The van der Waals surface area contributed by atoms with E-state index in [1.165, 1.54) is 167 Å². The van der Waals surface area contributed by atoms with E-state index in [0.29, 0.717) is 19.8 Å². The minimum Gasteiger partial charge on any atom is -0.447 e. The highest BCUT2D eigenvalue weighted by Crippen LogP contribution is 2.14. The Morgan fingerprint density at radius 3 is 1.44 bits per heavy atom. The van der Waals surface area contributed by atoms with E-state index in [-0.39, 0.29) is 18.8 Å². The van der Waals surface area contributed by atoms with Crippen LogP contribution in [-0.2, 0) is 14.2 Å². The number of amides is 1. The molecule has 48 heavy (non-hydrogen) atoms. The number of nitrogens with one attached hydrogen (secondary N) is 1. The molecule has 0 rings (SSSR count). The quantitative estimate of drug-likeness (QED) is 0.0517. The van der Waals surface area contributed by atoms with Gasteiger partial charge in [-0.05, 0) is 52.6 Å². The van der Waals surface area contributed by atoms with Gasteiger partial charge >= 0.3 is 6.09 Å². The van der Waals surface area contributed by atoms with Gasteiger partial charge in [-0.15, -0.1) is 0 Å². The Kier molecular flexibility index (Phi) is 39.4. The summed E-state index contributed by atoms with van der Waals surface area (Å²) in [6.07, 6.45) is 41.4. The van der Waals surface area contributed by atoms with E-state index in [9.17, 15) is 4.79 Å². The molecule has 1 N–H and O–H groups in total. The molecule has 6 heteroatoms. The highest BCUT2D eigenvalue weighted by atomic mass is 16.6. The maximum absolute atomic E-state index is 12.1. The Labute approximate surface area is 300 Å². The van der Waals surface area contributed by atoms with Gasteiger partial charge in [-0.1, -0.05) is 167 Å². The second kappa shape index (κ2) is 40.3. The molecule has 0 fully saturated rings. The van der Waals surface area contributed by atoms with Crippen LogP contribution in [0.25, 0.3) is 0 Å². The molecule has 0 aromatic heterocycles. The monoisotopic (exact) mass is 681 g/mol. The fraction of sp³-hybridized carbons (Fsp3) is 0.929. The van der Waals surface area contributed by atoms with Crippen molar-refractivity contribution in [3.8, 4) is 0 Å². The maximum Gasteiger partial charge on any atom is 0.407 e. The standard InChI is InChI=1S/C42H84N2O4/c1-5-7-9-11-13-15-17-19-21-22-23-25-27-29-31-33-37-46-39-41(40-48-42(45)43-35-36-44(3)4)47-38-34-32-30-28-26-24-20-18-16-14-12-10-8-6-2/h19,21,41H,5-18,20,22-40H2,1-4H3,(H,43,45). The van der Waals surface area contributed by atoms with Gasteiger partial charge in [-0.2, -0.15) is 0 Å². The van der Waals surface area contributed by atoms with Crippen LogP contribution in [0, 0.1) is 0 Å². The molecule has 0 saturated heterocycles. The summed E-state index contributed by atoms with van der Waals surface area (Å²) in [6, 6.07) is 0. The van der Waals surface area contributed by atoms with E-state index in [1.54, 1.807) is 0 Å². The van der Waals surface area contributed by atoms with Gasteiger partial charge < -0.3 is 24.4 Å². The molecule has 0 saturated carbocycles. The highest BCUT2D eigenvalue weighted by molar-refractivity contribution is 5.67. The lowest BCUT2D eigenvalue weighted by molar-refractivity contribution is -0.0468. The fourth-order valence-electron chi connectivity index (χ4n) is 5.96. The third-order valence-corrected chi connectivity index (χ3v) is 9.18. The molecule has 0 aliphatic rings. The first-order valence-electron chi connectivity index (χ1n) is 21.0. The van der Waals surface area contributed by atoms with E-state index in [4.69, 9.17) is 14.2 Å². The zero-order valence-electron chi connectivity index (χ0n) is 32.9. The lowest BCUT2D eigenvalue weighted by Crippen LogP contribution is -2.35. The molecule has 1 amide bonds. The average Bonchev–Trinajstić information content (AvgIpc) is 3.07. The first kappa shape index (κ1) is 46.9. The number of unbranched alkanes of at least 4 members (excludes halogenated alkanes) is 25. The second-order valence-corrected chi connectivity index (χ2v) is 14.4. The Morgan fingerprint density at radius 1 is 0.562 bits per heavy atom. The third kappa shape index (κ3) is 39.3. The lowest BCUT2D eigenvalue weighted by Gasteiger charge is -2.19. The first-order valence-corrected chi connectivity index (χ1v) is 21.0. The number of ether oxygens (including phenoxy) is 3. The van der Waals surface area contributed by atoms with Crippen molar-refractivity contribution < 1.29 is 19.0 Å². The Bertz CT molecular complexity index is 658. The fourth-order valence-corrected chi connectivity index (χ4v) is 5.96. The summed E-state index contributed by atoms with van der Waals surface area (Å²) in [7, 11) is 3.98. The van der Waals surface area contributed by atoms with Crippen molar-refractivity contribution in [3.63, 3.8) is 0 Å². The van der Waals surface area contributed by atoms with Crippen LogP contribution in [-0.4, -0.2) is 70.7 Å². The van der Waals surface area contributed by atoms with Crippen molar-refractivity contribution in [2.75, 3.05) is 53.6 Å². The first-order chi connectivity index (χ1) is 23.6. The highest BCUT2D eigenvalue weighted by Gasteiger charge is 2.13. The van der Waals surface area contributed by atoms with Gasteiger partial charge in [0, 0.05) is 26.3 Å². The molecular formula is C42H84N2O4. The third-order valence-electron chi connectivity index (χ3n) is 9.18. The van der Waals surface area contributed by atoms with Gasteiger partial charge in [0.05, 0.1) is 6.61 Å². The number of likely N-dealkylation sites (N-methyl/N-ethyl adjacent to an activating group) is 1. The Morgan fingerprint density at radius 2 is 0.979 bits per heavy atom. The molecule has 0 heterocycles. The summed E-state index contributed by atoms with van der Waals surface area (Å²) >= 11 is 0. The molecule has 0 spiro atoms. The number of hydrogen-bond donors (Lipinski definition) is 1. The summed E-state index contributed by atoms with van der Waals surface area (Å²) in [5, 5.41) is 2.82. The lowest BCUT2D eigenvalue weighted by atomic mass is 10.0. The Hall–Kier alpha value is -1.11. The normalized spacial score (nSPS) is 12.4. The molecule has 286 valence electrons. The van der Waals surface area contributed by atoms with Crippen LogP contribution in [0.15, 0.2) is 12.2 Å². The van der Waals surface area contributed by atoms with Gasteiger partial charge in [0.15, 0.2) is 0 Å². The minimum atomic E-state index is -0.379. The number of hydrogen-bond acceptors (Lipinski definition) is 5. The molecule has 1 unspecified atom stereocenters. The largest absolute Gasteiger partial charge is 0.447 e. The molecule has 6 nitrogen and oxygen atoms in total. The summed E-state index contributed by atoms with van der Waals surface area (Å²) < 4.78 is 17.6. The zero-order valence-corrected chi connectivity index (χ0v) is 32.9. The van der Waals surface area contributed by atoms with Crippen molar-refractivity contribution in [2.45, 2.75) is 200 Å². The number of alkyl carbamates (subject to hydrolysis) is 1. The van der Waals surface area contributed by atoms with Gasteiger partial charge in [0.2, 0.25) is 0 Å². The van der Waals surface area contributed by atoms with Gasteiger partial charge in [0.1, 0.15) is 12.7 Å². The summed E-state index contributed by atoms with van der Waals surface area (Å²) in [5.74, 6) is 0. The zero-order chi connectivity index (χ0) is 35.0. The molecule has 0 aliphatic heterocycles. The van der Waals surface area contributed by atoms with E-state index in [2.05, 4.69) is 31.3 Å². The van der Waals surface area contributed by atoms with Crippen LogP contribution in [0.5, 0.6) is 0 Å². The predicted molar refractivity (Wildman–Crippen MR) is 208 cm³/mol. The van der Waals surface area contributed by atoms with Gasteiger partial charge in [-0.25, -0.2) is 4.79 Å². The van der Waals surface area contributed by atoms with Crippen molar-refractivity contribution in [3.05, 3.63) is 12.2 Å². The van der Waals surface area contributed by atoms with Crippen LogP contribution in [0.2, 0.25) is 0 Å². The molecule has 0 aliphatic carbocycles. The van der Waals surface area contributed by atoms with E-state index in [1.807, 2.05) is 19.0 Å². The SMILES string of the molecule is CCCCCCCCC=CCCCCCCCCOCC(COC(=O)NCCN(C)C)OCCCCCCCCCCCCCCCC. The molecule has 0 radical (unpaired) electrons. The summed E-state index contributed by atoms with van der Waals surface area (Å²) in [5.41, 5.74) is 0. The van der Waals surface area contributed by atoms with Crippen LogP contribution >= 0.6 is 0 Å². The molecule has 1 atom stereocenters. The number of allylic oxidation sites excluding steroid dienone is 2. The number of rotatable bonds is 39. The summed E-state index contributed by atoms with van der Waals surface area (Å²) in [4.78, 5) is 14.2.